The van der Waals surface area contributed by atoms with E-state index in [9.17, 15) is 9.18 Å². The molecule has 0 aliphatic carbocycles. The molecule has 2 N–H and O–H groups in total. The van der Waals surface area contributed by atoms with Crippen molar-refractivity contribution in [3.63, 3.8) is 0 Å². The first-order valence-electron chi connectivity index (χ1n) is 8.60. The summed E-state index contributed by atoms with van der Waals surface area (Å²) in [6.45, 7) is 5.08. The normalized spacial score (nSPS) is 14.8. The minimum absolute atomic E-state index is 0.106. The standard InChI is InChI=1S/C18H22FN5O2/c19-15-4-2-1-3-14(15)12-21-18(25)16-11-17(23-13-22-16)20-5-6-24-7-9-26-10-8-24/h1-4,11,13H,5-10,12H2,(H,21,25)(H,20,22,23). The topological polar surface area (TPSA) is 79.4 Å². The van der Waals surface area contributed by atoms with Gasteiger partial charge in [-0.3, -0.25) is 9.69 Å². The number of carbonyl (C=O) groups excluding carboxylic acids is 1. The van der Waals surface area contributed by atoms with Gasteiger partial charge in [0, 0.05) is 44.4 Å². The molecule has 0 radical (unpaired) electrons. The van der Waals surface area contributed by atoms with Crippen LogP contribution in [0.5, 0.6) is 0 Å². The quantitative estimate of drug-likeness (QED) is 0.776. The van der Waals surface area contributed by atoms with E-state index in [0.717, 1.165) is 32.8 Å². The van der Waals surface area contributed by atoms with E-state index >= 15 is 0 Å². The molecule has 2 aromatic rings. The lowest BCUT2D eigenvalue weighted by Gasteiger charge is -2.26. The molecule has 1 fully saturated rings. The fraction of sp³-hybridized carbons (Fsp3) is 0.389. The molecule has 2 heterocycles. The van der Waals surface area contributed by atoms with Crippen LogP contribution in [0.4, 0.5) is 10.2 Å². The largest absolute Gasteiger partial charge is 0.379 e. The number of ether oxygens (including phenoxy) is 1. The van der Waals surface area contributed by atoms with Crippen LogP contribution in [-0.4, -0.2) is 60.2 Å². The van der Waals surface area contributed by atoms with Crippen LogP contribution in [0.15, 0.2) is 36.7 Å². The van der Waals surface area contributed by atoms with Crippen LogP contribution in [-0.2, 0) is 11.3 Å². The van der Waals surface area contributed by atoms with Crippen molar-refractivity contribution in [2.45, 2.75) is 6.54 Å². The molecule has 1 aliphatic rings. The second-order valence-electron chi connectivity index (χ2n) is 5.94. The number of amides is 1. The fourth-order valence-electron chi connectivity index (χ4n) is 2.65. The molecule has 1 aliphatic heterocycles. The number of carbonyl (C=O) groups is 1. The van der Waals surface area contributed by atoms with E-state index in [2.05, 4.69) is 25.5 Å². The van der Waals surface area contributed by atoms with Crippen molar-refractivity contribution in [3.8, 4) is 0 Å². The molecule has 3 rings (SSSR count). The number of hydrogen-bond acceptors (Lipinski definition) is 6. The molecule has 1 aromatic heterocycles. The molecule has 8 heteroatoms. The first-order chi connectivity index (χ1) is 12.7. The number of aromatic nitrogens is 2. The van der Waals surface area contributed by atoms with Gasteiger partial charge in [-0.25, -0.2) is 14.4 Å². The smallest absolute Gasteiger partial charge is 0.270 e. The Kier molecular flexibility index (Phi) is 6.45. The van der Waals surface area contributed by atoms with E-state index < -0.39 is 0 Å². The molecular formula is C18H22FN5O2. The molecule has 1 aromatic carbocycles. The summed E-state index contributed by atoms with van der Waals surface area (Å²) in [6, 6.07) is 7.93. The Morgan fingerprint density at radius 2 is 2.04 bits per heavy atom. The molecule has 138 valence electrons. The summed E-state index contributed by atoms with van der Waals surface area (Å²) in [6.07, 6.45) is 1.34. The van der Waals surface area contributed by atoms with Crippen molar-refractivity contribution in [1.29, 1.82) is 0 Å². The lowest BCUT2D eigenvalue weighted by molar-refractivity contribution is 0.0398. The van der Waals surface area contributed by atoms with Gasteiger partial charge in [0.1, 0.15) is 23.7 Å². The predicted molar refractivity (Wildman–Crippen MR) is 95.4 cm³/mol. The van der Waals surface area contributed by atoms with Crippen molar-refractivity contribution < 1.29 is 13.9 Å². The zero-order chi connectivity index (χ0) is 18.2. The Balaban J connectivity index is 1.49. The predicted octanol–water partition coefficient (Wildman–Crippen LogP) is 1.29. The second-order valence-corrected chi connectivity index (χ2v) is 5.94. The zero-order valence-corrected chi connectivity index (χ0v) is 14.4. The van der Waals surface area contributed by atoms with E-state index in [0.29, 0.717) is 17.9 Å². The number of nitrogens with zero attached hydrogens (tertiary/aromatic N) is 3. The van der Waals surface area contributed by atoms with E-state index in [-0.39, 0.29) is 24.0 Å². The van der Waals surface area contributed by atoms with Crippen LogP contribution in [0.25, 0.3) is 0 Å². The molecule has 0 saturated carbocycles. The molecule has 26 heavy (non-hydrogen) atoms. The van der Waals surface area contributed by atoms with Gasteiger partial charge in [-0.1, -0.05) is 18.2 Å². The summed E-state index contributed by atoms with van der Waals surface area (Å²) >= 11 is 0. The molecule has 0 bridgehead atoms. The van der Waals surface area contributed by atoms with Crippen molar-refractivity contribution in [2.75, 3.05) is 44.7 Å². The maximum absolute atomic E-state index is 13.6. The SMILES string of the molecule is O=C(NCc1ccccc1F)c1cc(NCCN2CCOCC2)ncn1. The Bertz CT molecular complexity index is 737. The number of hydrogen-bond donors (Lipinski definition) is 2. The van der Waals surface area contributed by atoms with Crippen LogP contribution in [0, 0.1) is 5.82 Å². The molecule has 0 atom stereocenters. The Hall–Kier alpha value is -2.58. The summed E-state index contributed by atoms with van der Waals surface area (Å²) in [5, 5.41) is 5.87. The van der Waals surface area contributed by atoms with Gasteiger partial charge >= 0.3 is 0 Å². The highest BCUT2D eigenvalue weighted by Gasteiger charge is 2.11. The van der Waals surface area contributed by atoms with Crippen LogP contribution in [0.3, 0.4) is 0 Å². The van der Waals surface area contributed by atoms with Gasteiger partial charge in [-0.05, 0) is 6.07 Å². The summed E-state index contributed by atoms with van der Waals surface area (Å²) in [7, 11) is 0. The summed E-state index contributed by atoms with van der Waals surface area (Å²) in [5.41, 5.74) is 0.670. The van der Waals surface area contributed by atoms with Crippen molar-refractivity contribution in [2.24, 2.45) is 0 Å². The van der Waals surface area contributed by atoms with Crippen LogP contribution < -0.4 is 10.6 Å². The molecule has 0 spiro atoms. The number of anilines is 1. The van der Waals surface area contributed by atoms with Crippen LogP contribution >= 0.6 is 0 Å². The molecule has 0 unspecified atom stereocenters. The number of nitrogens with one attached hydrogen (secondary N) is 2. The third-order valence-corrected chi connectivity index (χ3v) is 4.13. The Morgan fingerprint density at radius 3 is 2.85 bits per heavy atom. The number of morpholine rings is 1. The minimum atomic E-state index is -0.369. The van der Waals surface area contributed by atoms with E-state index in [1.165, 1.54) is 12.4 Å². The first-order valence-corrected chi connectivity index (χ1v) is 8.60. The highest BCUT2D eigenvalue weighted by molar-refractivity contribution is 5.92. The monoisotopic (exact) mass is 359 g/mol. The third kappa shape index (κ3) is 5.21. The lowest BCUT2D eigenvalue weighted by atomic mass is 10.2. The first kappa shape index (κ1) is 18.2. The average molecular weight is 359 g/mol. The lowest BCUT2D eigenvalue weighted by Crippen LogP contribution is -2.39. The Morgan fingerprint density at radius 1 is 1.23 bits per heavy atom. The summed E-state index contributed by atoms with van der Waals surface area (Å²) in [5.74, 6) is -0.128. The third-order valence-electron chi connectivity index (χ3n) is 4.13. The summed E-state index contributed by atoms with van der Waals surface area (Å²) in [4.78, 5) is 22.7. The van der Waals surface area contributed by atoms with Gasteiger partial charge in [0.25, 0.3) is 5.91 Å². The number of halogens is 1. The fourth-order valence-corrected chi connectivity index (χ4v) is 2.65. The second kappa shape index (κ2) is 9.21. The van der Waals surface area contributed by atoms with Gasteiger partial charge in [0.05, 0.1) is 13.2 Å². The van der Waals surface area contributed by atoms with E-state index in [1.54, 1.807) is 24.3 Å². The zero-order valence-electron chi connectivity index (χ0n) is 14.4. The molecule has 1 amide bonds. The Labute approximate surface area is 151 Å². The molecule has 1 saturated heterocycles. The summed E-state index contributed by atoms with van der Waals surface area (Å²) < 4.78 is 18.9. The number of benzene rings is 1. The van der Waals surface area contributed by atoms with E-state index in [4.69, 9.17) is 4.74 Å². The molecule has 7 nitrogen and oxygen atoms in total. The van der Waals surface area contributed by atoms with Gasteiger partial charge < -0.3 is 15.4 Å². The van der Waals surface area contributed by atoms with Crippen molar-refractivity contribution >= 4 is 11.7 Å². The van der Waals surface area contributed by atoms with Gasteiger partial charge in [-0.15, -0.1) is 0 Å². The van der Waals surface area contributed by atoms with Gasteiger partial charge in [0.2, 0.25) is 0 Å². The minimum Gasteiger partial charge on any atom is -0.379 e. The number of rotatable bonds is 7. The maximum atomic E-state index is 13.6. The average Bonchev–Trinajstić information content (AvgIpc) is 2.68. The van der Waals surface area contributed by atoms with Crippen LogP contribution in [0.1, 0.15) is 16.1 Å². The van der Waals surface area contributed by atoms with Gasteiger partial charge in [0.15, 0.2) is 0 Å². The van der Waals surface area contributed by atoms with Gasteiger partial charge in [-0.2, -0.15) is 0 Å². The maximum Gasteiger partial charge on any atom is 0.270 e. The van der Waals surface area contributed by atoms with E-state index in [1.807, 2.05) is 0 Å². The van der Waals surface area contributed by atoms with Crippen molar-refractivity contribution in [1.82, 2.24) is 20.2 Å². The highest BCUT2D eigenvalue weighted by Crippen LogP contribution is 2.07. The molecular weight excluding hydrogens is 337 g/mol. The van der Waals surface area contributed by atoms with Crippen LogP contribution in [0.2, 0.25) is 0 Å². The van der Waals surface area contributed by atoms with Crippen molar-refractivity contribution in [3.05, 3.63) is 53.7 Å². The highest BCUT2D eigenvalue weighted by atomic mass is 19.1.